The quantitative estimate of drug-likeness (QED) is 0.528. The van der Waals surface area contributed by atoms with Crippen molar-refractivity contribution in [2.75, 3.05) is 6.61 Å². The van der Waals surface area contributed by atoms with E-state index >= 15 is 0 Å². The van der Waals surface area contributed by atoms with Gasteiger partial charge in [0, 0.05) is 11.6 Å². The zero-order valence-corrected chi connectivity index (χ0v) is 18.4. The van der Waals surface area contributed by atoms with Gasteiger partial charge in [-0.1, -0.05) is 38.5 Å². The highest BCUT2D eigenvalue weighted by Gasteiger charge is 2.52. The standard InChI is InChI=1S/C25H36O4/c1-16-6-5-7-21-24(16,3)12-10-17(2)25(21,4)13-11-18-8-9-20(28-15-18)19-14-22(26)29-23(19)27/h6,8,14,17,20-21,23,27H,5,7,9-13,15H2,1-4H3. The second kappa shape index (κ2) is 7.70. The Labute approximate surface area is 175 Å². The van der Waals surface area contributed by atoms with E-state index in [1.165, 1.54) is 43.8 Å². The number of carbonyl (C=O) groups is 1. The van der Waals surface area contributed by atoms with Gasteiger partial charge in [-0.15, -0.1) is 0 Å². The maximum atomic E-state index is 11.3. The molecular formula is C25H36O4. The van der Waals surface area contributed by atoms with Crippen LogP contribution in [-0.4, -0.2) is 30.1 Å². The van der Waals surface area contributed by atoms with Gasteiger partial charge in [0.25, 0.3) is 0 Å². The minimum absolute atomic E-state index is 0.251. The summed E-state index contributed by atoms with van der Waals surface area (Å²) in [6.07, 6.45) is 12.8. The third kappa shape index (κ3) is 3.63. The summed E-state index contributed by atoms with van der Waals surface area (Å²) in [6, 6.07) is 0. The molecule has 4 heteroatoms. The van der Waals surface area contributed by atoms with Crippen molar-refractivity contribution in [1.82, 2.24) is 0 Å². The Morgan fingerprint density at radius 2 is 2.03 bits per heavy atom. The molecule has 0 bridgehead atoms. The van der Waals surface area contributed by atoms with Crippen LogP contribution in [0.15, 0.2) is 34.9 Å². The molecule has 0 radical (unpaired) electrons. The van der Waals surface area contributed by atoms with Crippen molar-refractivity contribution in [1.29, 1.82) is 0 Å². The third-order valence-corrected chi connectivity index (χ3v) is 8.84. The Morgan fingerprint density at radius 3 is 2.69 bits per heavy atom. The first kappa shape index (κ1) is 20.9. The minimum Gasteiger partial charge on any atom is -0.429 e. The fourth-order valence-electron chi connectivity index (χ4n) is 6.45. The van der Waals surface area contributed by atoms with Crippen LogP contribution >= 0.6 is 0 Å². The van der Waals surface area contributed by atoms with Crippen LogP contribution in [0.3, 0.4) is 0 Å². The molecule has 29 heavy (non-hydrogen) atoms. The second-order valence-electron chi connectivity index (χ2n) is 10.2. The van der Waals surface area contributed by atoms with E-state index in [9.17, 15) is 9.90 Å². The van der Waals surface area contributed by atoms with Crippen molar-refractivity contribution >= 4 is 5.97 Å². The predicted octanol–water partition coefficient (Wildman–Crippen LogP) is 5.08. The third-order valence-electron chi connectivity index (χ3n) is 8.84. The monoisotopic (exact) mass is 400 g/mol. The normalized spacial score (nSPS) is 42.5. The lowest BCUT2D eigenvalue weighted by atomic mass is 9.47. The van der Waals surface area contributed by atoms with Crippen LogP contribution in [0.4, 0.5) is 0 Å². The number of aliphatic hydroxyl groups is 1. The molecular weight excluding hydrogens is 364 g/mol. The van der Waals surface area contributed by atoms with Crippen molar-refractivity contribution in [3.8, 4) is 0 Å². The van der Waals surface area contributed by atoms with Gasteiger partial charge >= 0.3 is 5.97 Å². The Morgan fingerprint density at radius 1 is 1.24 bits per heavy atom. The average molecular weight is 401 g/mol. The number of ether oxygens (including phenoxy) is 2. The molecule has 6 unspecified atom stereocenters. The van der Waals surface area contributed by atoms with Gasteiger partial charge in [0.2, 0.25) is 6.29 Å². The topological polar surface area (TPSA) is 55.8 Å². The fraction of sp³-hybridized carbons (Fsp3) is 0.720. The molecule has 0 saturated heterocycles. The van der Waals surface area contributed by atoms with Crippen molar-refractivity contribution in [3.63, 3.8) is 0 Å². The zero-order chi connectivity index (χ0) is 20.8. The molecule has 6 atom stereocenters. The number of rotatable bonds is 4. The summed E-state index contributed by atoms with van der Waals surface area (Å²) in [6.45, 7) is 10.4. The van der Waals surface area contributed by atoms with E-state index in [2.05, 4.69) is 39.8 Å². The molecule has 1 saturated carbocycles. The Bertz CT molecular complexity index is 763. The summed E-state index contributed by atoms with van der Waals surface area (Å²) in [4.78, 5) is 11.3. The van der Waals surface area contributed by atoms with Gasteiger partial charge in [-0.25, -0.2) is 4.79 Å². The summed E-state index contributed by atoms with van der Waals surface area (Å²) in [5.41, 5.74) is 4.23. The maximum Gasteiger partial charge on any atom is 0.333 e. The van der Waals surface area contributed by atoms with Crippen LogP contribution in [0.25, 0.3) is 0 Å². The fourth-order valence-corrected chi connectivity index (χ4v) is 6.45. The molecule has 0 aromatic carbocycles. The van der Waals surface area contributed by atoms with Gasteiger partial charge in [0.15, 0.2) is 0 Å². The van der Waals surface area contributed by atoms with Crippen LogP contribution in [-0.2, 0) is 14.3 Å². The maximum absolute atomic E-state index is 11.3. The molecule has 1 N–H and O–H groups in total. The van der Waals surface area contributed by atoms with E-state index in [1.54, 1.807) is 5.57 Å². The van der Waals surface area contributed by atoms with Gasteiger partial charge in [-0.2, -0.15) is 0 Å². The van der Waals surface area contributed by atoms with E-state index in [0.717, 1.165) is 18.3 Å². The number of esters is 1. The Hall–Kier alpha value is -1.39. The molecule has 160 valence electrons. The number of hydrogen-bond donors (Lipinski definition) is 1. The lowest BCUT2D eigenvalue weighted by Gasteiger charge is -2.58. The Kier molecular flexibility index (Phi) is 5.54. The lowest BCUT2D eigenvalue weighted by Crippen LogP contribution is -2.49. The first-order valence-corrected chi connectivity index (χ1v) is 11.3. The van der Waals surface area contributed by atoms with Crippen LogP contribution < -0.4 is 0 Å². The molecule has 2 heterocycles. The highest BCUT2D eigenvalue weighted by molar-refractivity contribution is 5.85. The van der Waals surface area contributed by atoms with Crippen molar-refractivity contribution in [3.05, 3.63) is 34.9 Å². The van der Waals surface area contributed by atoms with Crippen LogP contribution in [0.2, 0.25) is 0 Å². The zero-order valence-electron chi connectivity index (χ0n) is 18.4. The van der Waals surface area contributed by atoms with Gasteiger partial charge in [0.05, 0.1) is 12.7 Å². The summed E-state index contributed by atoms with van der Waals surface area (Å²) in [5, 5.41) is 9.85. The molecule has 0 amide bonds. The van der Waals surface area contributed by atoms with E-state index in [0.29, 0.717) is 29.4 Å². The number of fused-ring (bicyclic) bond motifs is 1. The minimum atomic E-state index is -1.15. The highest BCUT2D eigenvalue weighted by Crippen LogP contribution is 2.61. The molecule has 4 nitrogen and oxygen atoms in total. The predicted molar refractivity (Wildman–Crippen MR) is 113 cm³/mol. The van der Waals surface area contributed by atoms with Crippen molar-refractivity contribution in [2.24, 2.45) is 22.7 Å². The van der Waals surface area contributed by atoms with Crippen LogP contribution in [0, 0.1) is 22.7 Å². The first-order chi connectivity index (χ1) is 13.7. The number of cyclic esters (lactones) is 1. The number of carbonyl (C=O) groups excluding carboxylic acids is 1. The molecule has 2 aliphatic heterocycles. The summed E-state index contributed by atoms with van der Waals surface area (Å²) >= 11 is 0. The van der Waals surface area contributed by atoms with E-state index in [-0.39, 0.29) is 6.10 Å². The van der Waals surface area contributed by atoms with Crippen LogP contribution in [0.5, 0.6) is 0 Å². The Balaban J connectivity index is 1.42. The number of allylic oxidation sites excluding steroid dienone is 2. The van der Waals surface area contributed by atoms with Gasteiger partial charge in [-0.05, 0) is 80.1 Å². The highest BCUT2D eigenvalue weighted by atomic mass is 16.6. The van der Waals surface area contributed by atoms with E-state index in [4.69, 9.17) is 9.47 Å². The summed E-state index contributed by atoms with van der Waals surface area (Å²) < 4.78 is 10.8. The number of aliphatic hydroxyl groups excluding tert-OH is 1. The van der Waals surface area contributed by atoms with E-state index in [1.807, 2.05) is 0 Å². The molecule has 4 rings (SSSR count). The molecule has 2 aliphatic carbocycles. The van der Waals surface area contributed by atoms with Crippen molar-refractivity contribution < 1.29 is 19.4 Å². The molecule has 0 aromatic heterocycles. The smallest absolute Gasteiger partial charge is 0.333 e. The largest absolute Gasteiger partial charge is 0.429 e. The van der Waals surface area contributed by atoms with Crippen molar-refractivity contribution in [2.45, 2.75) is 85.0 Å². The summed E-state index contributed by atoms with van der Waals surface area (Å²) in [7, 11) is 0. The lowest BCUT2D eigenvalue weighted by molar-refractivity contribution is -0.152. The SMILES string of the molecule is CC1=CCCC2C1(C)CCC(C)C2(C)CCC1=CCC(C2=CC(=O)OC2O)OC1. The molecule has 0 spiro atoms. The average Bonchev–Trinajstić information content (AvgIpc) is 3.04. The van der Waals surface area contributed by atoms with Crippen LogP contribution in [0.1, 0.15) is 72.6 Å². The first-order valence-electron chi connectivity index (χ1n) is 11.3. The summed E-state index contributed by atoms with van der Waals surface area (Å²) in [5.74, 6) is 1.01. The second-order valence-corrected chi connectivity index (χ2v) is 10.2. The van der Waals surface area contributed by atoms with E-state index < -0.39 is 12.3 Å². The van der Waals surface area contributed by atoms with Gasteiger partial charge in [-0.3, -0.25) is 0 Å². The van der Waals surface area contributed by atoms with Gasteiger partial charge in [0.1, 0.15) is 0 Å². The molecule has 0 aromatic rings. The van der Waals surface area contributed by atoms with Gasteiger partial charge < -0.3 is 14.6 Å². The number of hydrogen-bond acceptors (Lipinski definition) is 4. The molecule has 4 aliphatic rings. The molecule has 1 fully saturated rings.